The summed E-state index contributed by atoms with van der Waals surface area (Å²) in [5.74, 6) is -0.468. The topological polar surface area (TPSA) is 95.9 Å². The summed E-state index contributed by atoms with van der Waals surface area (Å²) in [4.78, 5) is 0.0900. The minimum absolute atomic E-state index is 0.0900. The van der Waals surface area contributed by atoms with Crippen LogP contribution < -0.4 is 4.72 Å². The van der Waals surface area contributed by atoms with Gasteiger partial charge in [0.25, 0.3) is 10.0 Å². The van der Waals surface area contributed by atoms with Gasteiger partial charge in [-0.2, -0.15) is 17.9 Å². The van der Waals surface area contributed by atoms with Crippen LogP contribution in [0, 0.1) is 12.7 Å². The van der Waals surface area contributed by atoms with E-state index in [9.17, 15) is 21.2 Å². The summed E-state index contributed by atoms with van der Waals surface area (Å²) in [6.07, 6.45) is 1.28. The average molecular weight is 488 g/mol. The van der Waals surface area contributed by atoms with Gasteiger partial charge in [0.1, 0.15) is 5.82 Å². The van der Waals surface area contributed by atoms with Crippen molar-refractivity contribution in [2.75, 3.05) is 11.0 Å². The molecule has 3 aromatic carbocycles. The van der Waals surface area contributed by atoms with Crippen molar-refractivity contribution in [2.24, 2.45) is 5.10 Å². The Morgan fingerprint density at radius 2 is 1.64 bits per heavy atom. The Labute approximate surface area is 192 Å². The van der Waals surface area contributed by atoms with E-state index in [1.165, 1.54) is 30.3 Å². The summed E-state index contributed by atoms with van der Waals surface area (Å²) in [5.41, 5.74) is 2.91. The molecule has 1 aliphatic rings. The molecule has 0 aromatic heterocycles. The highest BCUT2D eigenvalue weighted by atomic mass is 32.2. The van der Waals surface area contributed by atoms with E-state index < -0.39 is 31.9 Å². The van der Waals surface area contributed by atoms with Crippen LogP contribution in [0.25, 0.3) is 0 Å². The van der Waals surface area contributed by atoms with Gasteiger partial charge in [-0.3, -0.25) is 4.72 Å². The molecule has 0 saturated carbocycles. The number of anilines is 1. The molecule has 172 valence electrons. The SMILES string of the molecule is Cc1ccc(S(=O)(=O)N2N=C(c3ccc(NS(C)(=O)=O)cc3)C[C@@H]2c2cccc(F)c2)cc1. The first kappa shape index (κ1) is 22.9. The Morgan fingerprint density at radius 1 is 0.970 bits per heavy atom. The molecule has 0 aliphatic carbocycles. The lowest BCUT2D eigenvalue weighted by Gasteiger charge is -2.23. The molecule has 0 amide bonds. The van der Waals surface area contributed by atoms with Crippen LogP contribution in [-0.4, -0.2) is 33.2 Å². The number of sulfonamides is 2. The molecule has 7 nitrogen and oxygen atoms in total. The predicted molar refractivity (Wildman–Crippen MR) is 125 cm³/mol. The minimum atomic E-state index is -4.01. The molecule has 0 radical (unpaired) electrons. The molecule has 0 unspecified atom stereocenters. The van der Waals surface area contributed by atoms with E-state index in [0.717, 1.165) is 16.2 Å². The maximum Gasteiger partial charge on any atom is 0.279 e. The van der Waals surface area contributed by atoms with Crippen molar-refractivity contribution in [1.29, 1.82) is 0 Å². The van der Waals surface area contributed by atoms with Crippen LogP contribution in [-0.2, 0) is 20.0 Å². The second-order valence-electron chi connectivity index (χ2n) is 7.86. The van der Waals surface area contributed by atoms with Crippen LogP contribution in [0.1, 0.15) is 29.2 Å². The van der Waals surface area contributed by atoms with Crippen LogP contribution in [0.4, 0.5) is 10.1 Å². The summed E-state index contributed by atoms with van der Waals surface area (Å²) in [6.45, 7) is 1.86. The number of halogens is 1. The lowest BCUT2D eigenvalue weighted by Crippen LogP contribution is -2.27. The lowest BCUT2D eigenvalue weighted by molar-refractivity contribution is 0.370. The molecular formula is C23H22FN3O4S2. The van der Waals surface area contributed by atoms with Gasteiger partial charge in [-0.15, -0.1) is 0 Å². The fraction of sp³-hybridized carbons (Fsp3) is 0.174. The van der Waals surface area contributed by atoms with E-state index >= 15 is 0 Å². The molecule has 4 rings (SSSR count). The van der Waals surface area contributed by atoms with Gasteiger partial charge in [0.15, 0.2) is 0 Å². The van der Waals surface area contributed by atoms with Gasteiger partial charge in [0.05, 0.1) is 22.9 Å². The Kier molecular flexibility index (Phi) is 5.98. The molecule has 1 heterocycles. The van der Waals surface area contributed by atoms with E-state index in [1.807, 2.05) is 6.92 Å². The smallest absolute Gasteiger partial charge is 0.279 e. The van der Waals surface area contributed by atoms with Gasteiger partial charge in [-0.25, -0.2) is 12.8 Å². The minimum Gasteiger partial charge on any atom is -0.284 e. The summed E-state index contributed by atoms with van der Waals surface area (Å²) >= 11 is 0. The molecule has 1 N–H and O–H groups in total. The molecule has 0 saturated heterocycles. The number of nitrogens with one attached hydrogen (secondary N) is 1. The zero-order valence-electron chi connectivity index (χ0n) is 17.9. The molecular weight excluding hydrogens is 465 g/mol. The van der Waals surface area contributed by atoms with Crippen molar-refractivity contribution >= 4 is 31.4 Å². The average Bonchev–Trinajstić information content (AvgIpc) is 3.20. The van der Waals surface area contributed by atoms with Gasteiger partial charge in [-0.1, -0.05) is 42.0 Å². The fourth-order valence-electron chi connectivity index (χ4n) is 3.61. The van der Waals surface area contributed by atoms with Crippen molar-refractivity contribution < 1.29 is 21.2 Å². The van der Waals surface area contributed by atoms with Gasteiger partial charge >= 0.3 is 0 Å². The number of hydrogen-bond donors (Lipinski definition) is 1. The Hall–Kier alpha value is -3.24. The molecule has 1 atom stereocenters. The Morgan fingerprint density at radius 3 is 2.24 bits per heavy atom. The molecule has 0 fully saturated rings. The van der Waals surface area contributed by atoms with E-state index in [1.54, 1.807) is 42.5 Å². The van der Waals surface area contributed by atoms with Crippen molar-refractivity contribution in [3.05, 3.63) is 95.3 Å². The quantitative estimate of drug-likeness (QED) is 0.568. The summed E-state index contributed by atoms with van der Waals surface area (Å²) in [5, 5.41) is 4.42. The van der Waals surface area contributed by atoms with E-state index in [0.29, 0.717) is 22.5 Å². The molecule has 1 aliphatic heterocycles. The molecule has 0 bridgehead atoms. The first-order chi connectivity index (χ1) is 15.5. The normalized spacial score (nSPS) is 16.5. The highest BCUT2D eigenvalue weighted by Gasteiger charge is 2.37. The third-order valence-electron chi connectivity index (χ3n) is 5.19. The second kappa shape index (κ2) is 8.60. The number of rotatable bonds is 6. The Balaban J connectivity index is 1.74. The highest BCUT2D eigenvalue weighted by Crippen LogP contribution is 2.37. The maximum absolute atomic E-state index is 13.9. The summed E-state index contributed by atoms with van der Waals surface area (Å²) in [6, 6.07) is 18.0. The lowest BCUT2D eigenvalue weighted by atomic mass is 9.99. The number of hydrogen-bond acceptors (Lipinski definition) is 5. The monoisotopic (exact) mass is 487 g/mol. The van der Waals surface area contributed by atoms with Gasteiger partial charge < -0.3 is 0 Å². The largest absolute Gasteiger partial charge is 0.284 e. The van der Waals surface area contributed by atoms with Gasteiger partial charge in [0, 0.05) is 12.1 Å². The van der Waals surface area contributed by atoms with E-state index in [-0.39, 0.29) is 11.3 Å². The standard InChI is InChI=1S/C23H22FN3O4S2/c1-16-6-12-21(13-7-16)33(30,31)27-23(18-4-3-5-19(24)14-18)15-22(25-27)17-8-10-20(11-9-17)26-32(2,28)29/h3-14,23,26H,15H2,1-2H3/t23-/m1/s1. The molecule has 10 heteroatoms. The first-order valence-electron chi connectivity index (χ1n) is 10.1. The summed E-state index contributed by atoms with van der Waals surface area (Å²) in [7, 11) is -7.43. The molecule has 0 spiro atoms. The van der Waals surface area contributed by atoms with Gasteiger partial charge in [-0.05, 0) is 54.4 Å². The predicted octanol–water partition coefficient (Wildman–Crippen LogP) is 4.05. The van der Waals surface area contributed by atoms with Crippen LogP contribution in [0.5, 0.6) is 0 Å². The van der Waals surface area contributed by atoms with Crippen molar-refractivity contribution in [1.82, 2.24) is 4.41 Å². The third-order valence-corrected chi connectivity index (χ3v) is 7.50. The number of aryl methyl sites for hydroxylation is 1. The maximum atomic E-state index is 13.9. The second-order valence-corrected chi connectivity index (χ2v) is 11.4. The van der Waals surface area contributed by atoms with Gasteiger partial charge in [0.2, 0.25) is 10.0 Å². The zero-order chi connectivity index (χ0) is 23.8. The first-order valence-corrected chi connectivity index (χ1v) is 13.4. The van der Waals surface area contributed by atoms with Crippen molar-refractivity contribution in [3.8, 4) is 0 Å². The zero-order valence-corrected chi connectivity index (χ0v) is 19.6. The number of nitrogens with zero attached hydrogens (tertiary/aromatic N) is 2. The Bertz CT molecular complexity index is 1420. The van der Waals surface area contributed by atoms with Crippen LogP contribution in [0.2, 0.25) is 0 Å². The van der Waals surface area contributed by atoms with E-state index in [2.05, 4.69) is 9.82 Å². The third kappa shape index (κ3) is 5.07. The van der Waals surface area contributed by atoms with Crippen LogP contribution >= 0.6 is 0 Å². The van der Waals surface area contributed by atoms with Crippen molar-refractivity contribution in [2.45, 2.75) is 24.3 Å². The number of benzene rings is 3. The van der Waals surface area contributed by atoms with Crippen molar-refractivity contribution in [3.63, 3.8) is 0 Å². The molecule has 33 heavy (non-hydrogen) atoms. The van der Waals surface area contributed by atoms with Crippen LogP contribution in [0.3, 0.4) is 0 Å². The van der Waals surface area contributed by atoms with E-state index in [4.69, 9.17) is 0 Å². The van der Waals surface area contributed by atoms with Crippen LogP contribution in [0.15, 0.2) is 82.8 Å². The number of hydrazone groups is 1. The highest BCUT2D eigenvalue weighted by molar-refractivity contribution is 7.92. The molecule has 3 aromatic rings. The fourth-order valence-corrected chi connectivity index (χ4v) is 5.61. The summed E-state index contributed by atoms with van der Waals surface area (Å²) < 4.78 is 67.1.